The van der Waals surface area contributed by atoms with E-state index in [9.17, 15) is 4.79 Å². The molecular formula is C27H23BrN2O4S. The number of benzene rings is 3. The molecule has 2 heterocycles. The highest BCUT2D eigenvalue weighted by atomic mass is 79.9. The molecule has 0 aliphatic rings. The van der Waals surface area contributed by atoms with Gasteiger partial charge in [0.15, 0.2) is 4.96 Å². The quantitative estimate of drug-likeness (QED) is 0.241. The summed E-state index contributed by atoms with van der Waals surface area (Å²) in [5, 5.41) is 0. The van der Waals surface area contributed by atoms with E-state index in [2.05, 4.69) is 20.9 Å². The van der Waals surface area contributed by atoms with Gasteiger partial charge in [-0.3, -0.25) is 4.79 Å². The Labute approximate surface area is 214 Å². The van der Waals surface area contributed by atoms with Crippen molar-refractivity contribution in [3.8, 4) is 11.5 Å². The fourth-order valence-electron chi connectivity index (χ4n) is 3.68. The molecule has 0 unspecified atom stereocenters. The molecule has 0 atom stereocenters. The second kappa shape index (κ2) is 10.6. The summed E-state index contributed by atoms with van der Waals surface area (Å²) < 4.78 is 20.5. The van der Waals surface area contributed by atoms with Crippen LogP contribution in [0.15, 0.2) is 76.0 Å². The van der Waals surface area contributed by atoms with Gasteiger partial charge in [-0.25, -0.2) is 9.38 Å². The van der Waals surface area contributed by atoms with E-state index in [0.717, 1.165) is 26.8 Å². The Kier molecular flexibility index (Phi) is 7.13. The first-order chi connectivity index (χ1) is 17.1. The Morgan fingerprint density at radius 3 is 2.57 bits per heavy atom. The zero-order valence-electron chi connectivity index (χ0n) is 19.1. The third-order valence-corrected chi connectivity index (χ3v) is 6.87. The maximum Gasteiger partial charge on any atom is 0.274 e. The van der Waals surface area contributed by atoms with E-state index in [0.29, 0.717) is 41.7 Å². The van der Waals surface area contributed by atoms with Gasteiger partial charge in [0, 0.05) is 10.0 Å². The second-order valence-corrected chi connectivity index (χ2v) is 9.86. The van der Waals surface area contributed by atoms with Crippen LogP contribution >= 0.6 is 27.3 Å². The minimum Gasteiger partial charge on any atom is -0.491 e. The predicted molar refractivity (Wildman–Crippen MR) is 143 cm³/mol. The van der Waals surface area contributed by atoms with Gasteiger partial charge in [0.1, 0.15) is 24.7 Å². The third kappa shape index (κ3) is 5.40. The average Bonchev–Trinajstić information content (AvgIpc) is 3.36. The molecule has 3 aromatic carbocycles. The van der Waals surface area contributed by atoms with Crippen molar-refractivity contribution in [2.75, 3.05) is 26.4 Å². The van der Waals surface area contributed by atoms with Crippen molar-refractivity contribution in [2.24, 2.45) is 0 Å². The first kappa shape index (κ1) is 23.5. The molecule has 0 bridgehead atoms. The Balaban J connectivity index is 1.23. The third-order valence-electron chi connectivity index (χ3n) is 5.41. The molecule has 0 amide bonds. The number of hydrogen-bond acceptors (Lipinski definition) is 6. The SMILES string of the molecule is Cc1ccc(OCCOCCOc2ccc(Br)cc2/C=c2\sc3nc4ccccc4n3c2=O)cc1. The lowest BCUT2D eigenvalue weighted by Gasteiger charge is -2.11. The molecule has 0 saturated heterocycles. The van der Waals surface area contributed by atoms with Crippen molar-refractivity contribution in [2.45, 2.75) is 6.92 Å². The van der Waals surface area contributed by atoms with Crippen LogP contribution in [0.4, 0.5) is 0 Å². The highest BCUT2D eigenvalue weighted by Crippen LogP contribution is 2.24. The molecule has 0 aliphatic heterocycles. The molecule has 6 nitrogen and oxygen atoms in total. The lowest BCUT2D eigenvalue weighted by molar-refractivity contribution is 0.0764. The highest BCUT2D eigenvalue weighted by molar-refractivity contribution is 9.10. The molecule has 0 spiro atoms. The minimum absolute atomic E-state index is 0.0819. The monoisotopic (exact) mass is 550 g/mol. The molecule has 8 heteroatoms. The van der Waals surface area contributed by atoms with E-state index in [1.165, 1.54) is 16.9 Å². The van der Waals surface area contributed by atoms with Gasteiger partial charge >= 0.3 is 0 Å². The van der Waals surface area contributed by atoms with Crippen LogP contribution in [0, 0.1) is 6.92 Å². The Hall–Kier alpha value is -3.20. The number of rotatable bonds is 9. The van der Waals surface area contributed by atoms with Gasteiger partial charge in [-0.1, -0.05) is 57.1 Å². The van der Waals surface area contributed by atoms with Crippen molar-refractivity contribution >= 4 is 49.3 Å². The molecule has 0 aliphatic carbocycles. The van der Waals surface area contributed by atoms with E-state index in [1.807, 2.05) is 79.7 Å². The van der Waals surface area contributed by atoms with Gasteiger partial charge in [-0.2, -0.15) is 0 Å². The van der Waals surface area contributed by atoms with Gasteiger partial charge in [-0.05, 0) is 55.5 Å². The van der Waals surface area contributed by atoms with E-state index < -0.39 is 0 Å². The topological polar surface area (TPSA) is 62.1 Å². The summed E-state index contributed by atoms with van der Waals surface area (Å²) in [4.78, 5) is 18.4. The van der Waals surface area contributed by atoms with Crippen LogP contribution in [0.1, 0.15) is 11.1 Å². The fraction of sp³-hybridized carbons (Fsp3) is 0.185. The molecule has 5 rings (SSSR count). The average molecular weight is 551 g/mol. The maximum atomic E-state index is 13.1. The van der Waals surface area contributed by atoms with Crippen molar-refractivity contribution in [1.29, 1.82) is 0 Å². The number of halogens is 1. The highest BCUT2D eigenvalue weighted by Gasteiger charge is 2.11. The summed E-state index contributed by atoms with van der Waals surface area (Å²) in [6.07, 6.45) is 1.85. The predicted octanol–water partition coefficient (Wildman–Crippen LogP) is 5.00. The summed E-state index contributed by atoms with van der Waals surface area (Å²) in [7, 11) is 0. The van der Waals surface area contributed by atoms with Gasteiger partial charge in [0.05, 0.1) is 28.8 Å². The smallest absolute Gasteiger partial charge is 0.274 e. The number of ether oxygens (including phenoxy) is 3. The van der Waals surface area contributed by atoms with Crippen LogP contribution in [0.3, 0.4) is 0 Å². The minimum atomic E-state index is -0.0819. The number of aromatic nitrogens is 2. The van der Waals surface area contributed by atoms with Crippen LogP contribution in [-0.4, -0.2) is 35.8 Å². The molecule has 178 valence electrons. The van der Waals surface area contributed by atoms with Crippen molar-refractivity contribution in [3.63, 3.8) is 0 Å². The molecule has 0 fully saturated rings. The van der Waals surface area contributed by atoms with Gasteiger partial charge < -0.3 is 14.2 Å². The standard InChI is InChI=1S/C27H23BrN2O4S/c1-18-6-9-21(10-7-18)33-14-12-32-13-15-34-24-11-8-20(28)16-19(24)17-25-26(31)30-23-5-3-2-4-22(23)29-27(30)35-25/h2-11,16-17H,12-15H2,1H3/b25-17-. The Bertz CT molecular complexity index is 1580. The lowest BCUT2D eigenvalue weighted by atomic mass is 10.2. The second-order valence-electron chi connectivity index (χ2n) is 7.94. The molecule has 35 heavy (non-hydrogen) atoms. The van der Waals surface area contributed by atoms with Crippen LogP contribution in [-0.2, 0) is 4.74 Å². The van der Waals surface area contributed by atoms with Gasteiger partial charge in [-0.15, -0.1) is 0 Å². The zero-order chi connectivity index (χ0) is 24.2. The van der Waals surface area contributed by atoms with Crippen molar-refractivity contribution in [3.05, 3.63) is 97.2 Å². The Morgan fingerprint density at radius 1 is 0.971 bits per heavy atom. The van der Waals surface area contributed by atoms with Crippen molar-refractivity contribution in [1.82, 2.24) is 9.38 Å². The van der Waals surface area contributed by atoms with Gasteiger partial charge in [0.2, 0.25) is 0 Å². The Morgan fingerprint density at radius 2 is 1.74 bits per heavy atom. The fourth-order valence-corrected chi connectivity index (χ4v) is 5.04. The van der Waals surface area contributed by atoms with Crippen LogP contribution in [0.25, 0.3) is 22.1 Å². The number of hydrogen-bond donors (Lipinski definition) is 0. The van der Waals surface area contributed by atoms with Crippen LogP contribution in [0.5, 0.6) is 11.5 Å². The van der Waals surface area contributed by atoms with Crippen LogP contribution < -0.4 is 19.6 Å². The van der Waals surface area contributed by atoms with Crippen LogP contribution in [0.2, 0.25) is 0 Å². The molecular weight excluding hydrogens is 528 g/mol. The largest absolute Gasteiger partial charge is 0.491 e. The summed E-state index contributed by atoms with van der Waals surface area (Å²) in [6, 6.07) is 21.3. The molecule has 0 N–H and O–H groups in total. The number of thiazole rings is 1. The number of nitrogens with zero attached hydrogens (tertiary/aromatic N) is 2. The maximum absolute atomic E-state index is 13.1. The summed E-state index contributed by atoms with van der Waals surface area (Å²) in [5.41, 5.74) is 3.56. The molecule has 0 radical (unpaired) electrons. The van der Waals surface area contributed by atoms with Crippen molar-refractivity contribution < 1.29 is 14.2 Å². The normalized spacial score (nSPS) is 12.0. The summed E-state index contributed by atoms with van der Waals surface area (Å²) in [6.45, 7) is 3.80. The molecule has 5 aromatic rings. The first-order valence-electron chi connectivity index (χ1n) is 11.2. The van der Waals surface area contributed by atoms with Gasteiger partial charge in [0.25, 0.3) is 5.56 Å². The zero-order valence-corrected chi connectivity index (χ0v) is 21.5. The lowest BCUT2D eigenvalue weighted by Crippen LogP contribution is -2.22. The van der Waals surface area contributed by atoms with E-state index in [4.69, 9.17) is 14.2 Å². The van der Waals surface area contributed by atoms with E-state index >= 15 is 0 Å². The first-order valence-corrected chi connectivity index (χ1v) is 12.8. The van der Waals surface area contributed by atoms with E-state index in [1.54, 1.807) is 4.40 Å². The number of imidazole rings is 1. The number of para-hydroxylation sites is 2. The summed E-state index contributed by atoms with van der Waals surface area (Å²) in [5.74, 6) is 1.51. The molecule has 0 saturated carbocycles. The number of aryl methyl sites for hydroxylation is 1. The summed E-state index contributed by atoms with van der Waals surface area (Å²) >= 11 is 4.88. The molecule has 2 aromatic heterocycles. The van der Waals surface area contributed by atoms with E-state index in [-0.39, 0.29) is 5.56 Å². The number of fused-ring (bicyclic) bond motifs is 3.